The third-order valence-corrected chi connectivity index (χ3v) is 0. The maximum absolute atomic E-state index is 8.89. The topological polar surface area (TPSA) is 80.3 Å². The third kappa shape index (κ3) is 2420. The molecule has 9 heavy (non-hydrogen) atoms. The van der Waals surface area contributed by atoms with E-state index in [1.807, 2.05) is 0 Å². The Morgan fingerprint density at radius 1 is 1.00 bits per heavy atom. The zero-order valence-electron chi connectivity index (χ0n) is 5.08. The molecule has 0 aliphatic heterocycles. The van der Waals surface area contributed by atoms with Crippen LogP contribution in [0.4, 0.5) is 0 Å². The molecule has 0 aromatic carbocycles. The maximum atomic E-state index is 8.89. The quantitative estimate of drug-likeness (QED) is 0.496. The molecular formula is C4H6O4Ta. The molecular weight excluding hydrogens is 293 g/mol. The summed E-state index contributed by atoms with van der Waals surface area (Å²) in [7, 11) is 0. The minimum Gasteiger partial charge on any atom is -0.550 e. The summed E-state index contributed by atoms with van der Waals surface area (Å²) in [5.41, 5.74) is 0. The summed E-state index contributed by atoms with van der Waals surface area (Å²) in [5.74, 6) is -2.17. The Labute approximate surface area is 68.4 Å². The molecule has 0 saturated carbocycles. The van der Waals surface area contributed by atoms with E-state index in [0.717, 1.165) is 13.8 Å². The Bertz CT molecular complexity index is 70.6. The minimum atomic E-state index is -1.08. The van der Waals surface area contributed by atoms with Crippen LogP contribution in [0.1, 0.15) is 13.8 Å². The van der Waals surface area contributed by atoms with Gasteiger partial charge in [-0.15, -0.1) is 0 Å². The van der Waals surface area contributed by atoms with Gasteiger partial charge in [0.25, 0.3) is 0 Å². The fourth-order valence-electron chi connectivity index (χ4n) is 0. The first-order valence-corrected chi connectivity index (χ1v) is 1.82. The van der Waals surface area contributed by atoms with Crippen LogP contribution in [0.3, 0.4) is 0 Å². The van der Waals surface area contributed by atoms with Crippen LogP contribution in [0.25, 0.3) is 0 Å². The minimum absolute atomic E-state index is 0. The molecule has 0 aromatic rings. The van der Waals surface area contributed by atoms with Crippen LogP contribution in [0, 0.1) is 0 Å². The van der Waals surface area contributed by atoms with Crippen molar-refractivity contribution in [2.24, 2.45) is 0 Å². The molecule has 0 aromatic heterocycles. The Morgan fingerprint density at radius 2 is 1.00 bits per heavy atom. The van der Waals surface area contributed by atoms with Crippen LogP contribution in [0.2, 0.25) is 0 Å². The van der Waals surface area contributed by atoms with Crippen LogP contribution in [-0.4, -0.2) is 11.9 Å². The van der Waals surface area contributed by atoms with E-state index in [1.165, 1.54) is 0 Å². The van der Waals surface area contributed by atoms with E-state index in [4.69, 9.17) is 19.8 Å². The third-order valence-electron chi connectivity index (χ3n) is 0. The second-order valence-electron chi connectivity index (χ2n) is 0.983. The average Bonchev–Trinajstić information content (AvgIpc) is 1.25. The fraction of sp³-hybridized carbons (Fsp3) is 0.500. The van der Waals surface area contributed by atoms with Crippen molar-refractivity contribution in [1.82, 2.24) is 0 Å². The second kappa shape index (κ2) is 10.6. The molecule has 0 N–H and O–H groups in total. The zero-order valence-corrected chi connectivity index (χ0v) is 8.29. The van der Waals surface area contributed by atoms with Crippen molar-refractivity contribution in [1.29, 1.82) is 0 Å². The molecule has 1 radical (unpaired) electrons. The van der Waals surface area contributed by atoms with E-state index in [9.17, 15) is 0 Å². The smallest absolute Gasteiger partial charge is 0.550 e. The van der Waals surface area contributed by atoms with E-state index < -0.39 is 11.9 Å². The van der Waals surface area contributed by atoms with Gasteiger partial charge in [-0.05, 0) is 13.8 Å². The summed E-state index contributed by atoms with van der Waals surface area (Å²) in [6.45, 7) is 1.94. The van der Waals surface area contributed by atoms with Crippen LogP contribution in [0.5, 0.6) is 0 Å². The molecule has 0 heterocycles. The monoisotopic (exact) mass is 299 g/mol. The van der Waals surface area contributed by atoms with Gasteiger partial charge in [0.15, 0.2) is 0 Å². The summed E-state index contributed by atoms with van der Waals surface area (Å²) in [4.78, 5) is 17.8. The van der Waals surface area contributed by atoms with Crippen molar-refractivity contribution in [3.63, 3.8) is 0 Å². The van der Waals surface area contributed by atoms with Crippen molar-refractivity contribution in [3.05, 3.63) is 0 Å². The second-order valence-corrected chi connectivity index (χ2v) is 0.983. The number of hydrogen-bond donors (Lipinski definition) is 0. The Kier molecular flexibility index (Phi) is 18.7. The van der Waals surface area contributed by atoms with Gasteiger partial charge in [-0.2, -0.15) is 0 Å². The fourth-order valence-corrected chi connectivity index (χ4v) is 0. The molecule has 0 unspecified atom stereocenters. The van der Waals surface area contributed by atoms with Crippen molar-refractivity contribution in [3.8, 4) is 0 Å². The summed E-state index contributed by atoms with van der Waals surface area (Å²) in [6, 6.07) is 0. The van der Waals surface area contributed by atoms with Gasteiger partial charge < -0.3 is 19.8 Å². The number of carboxylic acid groups (broad SMARTS) is 2. The molecule has 0 aliphatic carbocycles. The van der Waals surface area contributed by atoms with Crippen molar-refractivity contribution < 1.29 is 42.2 Å². The Balaban J connectivity index is -0.0000000720. The Morgan fingerprint density at radius 3 is 1.00 bits per heavy atom. The van der Waals surface area contributed by atoms with Crippen molar-refractivity contribution >= 4 is 11.9 Å². The Hall–Kier alpha value is -0.320. The van der Waals surface area contributed by atoms with E-state index in [1.54, 1.807) is 0 Å². The number of carboxylic acids is 2. The molecule has 51 valence electrons. The van der Waals surface area contributed by atoms with Gasteiger partial charge in [0.05, 0.1) is 0 Å². The summed E-state index contributed by atoms with van der Waals surface area (Å²) in [6.07, 6.45) is 0. The molecule has 5 heteroatoms. The van der Waals surface area contributed by atoms with Crippen molar-refractivity contribution in [2.75, 3.05) is 0 Å². The predicted molar refractivity (Wildman–Crippen MR) is 21.4 cm³/mol. The number of carbonyl (C=O) groups is 2. The van der Waals surface area contributed by atoms with Gasteiger partial charge in [-0.3, -0.25) is 0 Å². The molecule has 0 amide bonds. The van der Waals surface area contributed by atoms with Crippen LogP contribution >= 0.6 is 0 Å². The predicted octanol–water partition coefficient (Wildman–Crippen LogP) is -2.49. The van der Waals surface area contributed by atoms with Gasteiger partial charge in [0.2, 0.25) is 0 Å². The summed E-state index contributed by atoms with van der Waals surface area (Å²) in [5, 5.41) is 17.8. The van der Waals surface area contributed by atoms with E-state index in [2.05, 4.69) is 0 Å². The molecule has 0 spiro atoms. The van der Waals surface area contributed by atoms with E-state index >= 15 is 0 Å². The van der Waals surface area contributed by atoms with Gasteiger partial charge in [0.1, 0.15) is 0 Å². The van der Waals surface area contributed by atoms with Gasteiger partial charge >= 0.3 is 22.4 Å². The summed E-state index contributed by atoms with van der Waals surface area (Å²) < 4.78 is 0. The SMILES string of the molecule is CC(=O)[O-].CC(=O)[O-].[Ta+2]. The van der Waals surface area contributed by atoms with Gasteiger partial charge in [0, 0.05) is 11.9 Å². The number of rotatable bonds is 0. The molecule has 0 atom stereocenters. The zero-order chi connectivity index (χ0) is 7.15. The molecule has 0 bridgehead atoms. The van der Waals surface area contributed by atoms with Crippen LogP contribution in [0.15, 0.2) is 0 Å². The number of aliphatic carboxylic acids is 2. The van der Waals surface area contributed by atoms with E-state index in [0.29, 0.717) is 0 Å². The van der Waals surface area contributed by atoms with Crippen LogP contribution < -0.4 is 10.2 Å². The normalized spacial score (nSPS) is 5.56. The molecule has 0 rings (SSSR count). The van der Waals surface area contributed by atoms with Crippen LogP contribution in [-0.2, 0) is 32.0 Å². The first-order chi connectivity index (χ1) is 3.46. The summed E-state index contributed by atoms with van der Waals surface area (Å²) >= 11 is 0. The standard InChI is InChI=1S/2C2H4O2.Ta/c2*1-2(3)4;/h2*1H3,(H,3,4);/q;;+2/p-2. The maximum Gasteiger partial charge on any atom is 2.00 e. The van der Waals surface area contributed by atoms with Gasteiger partial charge in [-0.1, -0.05) is 0 Å². The van der Waals surface area contributed by atoms with Gasteiger partial charge in [-0.25, -0.2) is 0 Å². The largest absolute Gasteiger partial charge is 2.00 e. The average molecular weight is 299 g/mol. The molecule has 0 saturated heterocycles. The molecule has 4 nitrogen and oxygen atoms in total. The number of carbonyl (C=O) groups excluding carboxylic acids is 2. The first kappa shape index (κ1) is 15.9. The molecule has 0 fully saturated rings. The van der Waals surface area contributed by atoms with E-state index in [-0.39, 0.29) is 22.4 Å². The first-order valence-electron chi connectivity index (χ1n) is 1.82. The van der Waals surface area contributed by atoms with Crippen molar-refractivity contribution in [2.45, 2.75) is 13.8 Å². The number of hydrogen-bond acceptors (Lipinski definition) is 4. The molecule has 0 aliphatic rings.